The summed E-state index contributed by atoms with van der Waals surface area (Å²) in [5, 5.41) is 4.87. The molecule has 0 aliphatic carbocycles. The minimum Gasteiger partial charge on any atom is -0.494 e. The molecule has 0 atom stereocenters. The van der Waals surface area contributed by atoms with Crippen LogP contribution < -0.4 is 25.0 Å². The number of aromatic nitrogens is 1. The summed E-state index contributed by atoms with van der Waals surface area (Å²) in [6.07, 6.45) is 0. The van der Waals surface area contributed by atoms with E-state index in [9.17, 15) is 4.79 Å². The molecular formula is C26H21BrN4O3S. The van der Waals surface area contributed by atoms with Gasteiger partial charge in [-0.3, -0.25) is 10.2 Å². The molecule has 2 N–H and O–H groups in total. The summed E-state index contributed by atoms with van der Waals surface area (Å²) in [4.78, 5) is 17.4. The molecule has 1 aliphatic heterocycles. The lowest BCUT2D eigenvalue weighted by atomic mass is 10.1. The topological polar surface area (TPSA) is 76.9 Å². The summed E-state index contributed by atoms with van der Waals surface area (Å²) in [6.45, 7) is 4.26. The second-order valence-electron chi connectivity index (χ2n) is 7.67. The van der Waals surface area contributed by atoms with E-state index in [1.54, 1.807) is 7.11 Å². The van der Waals surface area contributed by atoms with Crippen LogP contribution in [-0.2, 0) is 4.79 Å². The minimum atomic E-state index is -0.180. The predicted octanol–water partition coefficient (Wildman–Crippen LogP) is 5.77. The SMILES string of the molecule is C=C(Nn1c(-c2ccc3c(c2)NC(=O)CO3)csc1=Nc1ccccc1OC)c1cccc(Br)c1. The van der Waals surface area contributed by atoms with Crippen LogP contribution in [-0.4, -0.2) is 24.3 Å². The van der Waals surface area contributed by atoms with Crippen LogP contribution in [0.2, 0.25) is 0 Å². The first-order chi connectivity index (χ1) is 17.0. The molecular weight excluding hydrogens is 528 g/mol. The minimum absolute atomic E-state index is 0.0146. The first-order valence-electron chi connectivity index (χ1n) is 10.7. The van der Waals surface area contributed by atoms with Crippen molar-refractivity contribution in [1.82, 2.24) is 4.68 Å². The maximum Gasteiger partial charge on any atom is 0.262 e. The average Bonchev–Trinajstić information content (AvgIpc) is 3.25. The number of thiazole rings is 1. The van der Waals surface area contributed by atoms with Crippen LogP contribution in [0.3, 0.4) is 0 Å². The predicted molar refractivity (Wildman–Crippen MR) is 143 cm³/mol. The molecule has 176 valence electrons. The van der Waals surface area contributed by atoms with Crippen LogP contribution in [0.5, 0.6) is 11.5 Å². The Morgan fingerprint density at radius 1 is 1.20 bits per heavy atom. The number of nitrogens with one attached hydrogen (secondary N) is 2. The number of para-hydroxylation sites is 2. The van der Waals surface area contributed by atoms with Gasteiger partial charge in [0.25, 0.3) is 5.91 Å². The van der Waals surface area contributed by atoms with Gasteiger partial charge in [-0.2, -0.15) is 0 Å². The number of halogens is 1. The molecule has 0 fully saturated rings. The van der Waals surface area contributed by atoms with Gasteiger partial charge in [0.05, 0.1) is 24.2 Å². The third-order valence-electron chi connectivity index (χ3n) is 5.34. The van der Waals surface area contributed by atoms with E-state index in [0.717, 1.165) is 21.3 Å². The van der Waals surface area contributed by atoms with Gasteiger partial charge >= 0.3 is 0 Å². The van der Waals surface area contributed by atoms with Crippen LogP contribution in [0.15, 0.2) is 88.2 Å². The molecule has 1 amide bonds. The Labute approximate surface area is 214 Å². The van der Waals surface area contributed by atoms with E-state index < -0.39 is 0 Å². The zero-order chi connectivity index (χ0) is 24.4. The Balaban J connectivity index is 1.62. The molecule has 3 aromatic carbocycles. The standard InChI is InChI=1S/C26H21BrN4O3S/c1-16(17-6-5-7-19(27)12-17)30-31-22(18-10-11-24-21(13-18)28-25(32)14-34-24)15-35-26(31)29-20-8-3-4-9-23(20)33-2/h3-13,15,30H,1,14H2,2H3,(H,28,32). The number of fused-ring (bicyclic) bond motifs is 1. The fourth-order valence-electron chi connectivity index (χ4n) is 3.64. The lowest BCUT2D eigenvalue weighted by Gasteiger charge is -2.19. The number of nitrogens with zero attached hydrogens (tertiary/aromatic N) is 2. The van der Waals surface area contributed by atoms with Gasteiger partial charge in [0.1, 0.15) is 17.2 Å². The van der Waals surface area contributed by atoms with E-state index >= 15 is 0 Å². The van der Waals surface area contributed by atoms with Crippen LogP contribution in [0.1, 0.15) is 5.56 Å². The van der Waals surface area contributed by atoms with Gasteiger partial charge < -0.3 is 14.8 Å². The van der Waals surface area contributed by atoms with Gasteiger partial charge in [-0.15, -0.1) is 11.3 Å². The Morgan fingerprint density at radius 2 is 2.06 bits per heavy atom. The third kappa shape index (κ3) is 4.87. The number of hydrogen-bond acceptors (Lipinski definition) is 6. The van der Waals surface area contributed by atoms with Crippen molar-refractivity contribution in [3.8, 4) is 22.8 Å². The van der Waals surface area contributed by atoms with E-state index in [4.69, 9.17) is 14.5 Å². The highest BCUT2D eigenvalue weighted by molar-refractivity contribution is 9.10. The molecule has 0 radical (unpaired) electrons. The molecule has 0 saturated heterocycles. The average molecular weight is 549 g/mol. The Kier molecular flexibility index (Phi) is 6.43. The van der Waals surface area contributed by atoms with Crippen molar-refractivity contribution in [3.63, 3.8) is 0 Å². The molecule has 0 spiro atoms. The number of ether oxygens (including phenoxy) is 2. The van der Waals surface area contributed by atoms with Gasteiger partial charge in [0, 0.05) is 15.4 Å². The molecule has 4 aromatic rings. The maximum absolute atomic E-state index is 11.8. The molecule has 5 rings (SSSR count). The maximum atomic E-state index is 11.8. The molecule has 1 aromatic heterocycles. The van der Waals surface area contributed by atoms with E-state index in [2.05, 4.69) is 33.3 Å². The number of methoxy groups -OCH3 is 1. The highest BCUT2D eigenvalue weighted by Crippen LogP contribution is 2.33. The molecule has 0 saturated carbocycles. The number of hydrogen-bond donors (Lipinski definition) is 2. The van der Waals surface area contributed by atoms with Crippen molar-refractivity contribution < 1.29 is 14.3 Å². The first-order valence-corrected chi connectivity index (χ1v) is 12.4. The number of carbonyl (C=O) groups excluding carboxylic acids is 1. The van der Waals surface area contributed by atoms with Gasteiger partial charge in [0.15, 0.2) is 6.61 Å². The second kappa shape index (κ2) is 9.81. The molecule has 7 nitrogen and oxygen atoms in total. The van der Waals surface area contributed by atoms with Gasteiger partial charge in [-0.05, 0) is 48.0 Å². The van der Waals surface area contributed by atoms with Gasteiger partial charge in [-0.25, -0.2) is 9.67 Å². The van der Waals surface area contributed by atoms with Crippen LogP contribution in [0.4, 0.5) is 11.4 Å². The van der Waals surface area contributed by atoms with E-state index in [1.165, 1.54) is 11.3 Å². The van der Waals surface area contributed by atoms with E-state index in [-0.39, 0.29) is 12.5 Å². The fourth-order valence-corrected chi connectivity index (χ4v) is 4.90. The molecule has 0 unspecified atom stereocenters. The number of carbonyl (C=O) groups is 1. The van der Waals surface area contributed by atoms with Crippen molar-refractivity contribution in [2.75, 3.05) is 24.5 Å². The third-order valence-corrected chi connectivity index (χ3v) is 6.66. The highest BCUT2D eigenvalue weighted by Gasteiger charge is 2.18. The summed E-state index contributed by atoms with van der Waals surface area (Å²) in [6, 6.07) is 21.2. The summed E-state index contributed by atoms with van der Waals surface area (Å²) in [5.41, 5.74) is 8.09. The molecule has 35 heavy (non-hydrogen) atoms. The number of amides is 1. The van der Waals surface area contributed by atoms with Gasteiger partial charge in [0.2, 0.25) is 4.80 Å². The highest BCUT2D eigenvalue weighted by atomic mass is 79.9. The Morgan fingerprint density at radius 3 is 2.89 bits per heavy atom. The van der Waals surface area contributed by atoms with Crippen LogP contribution in [0.25, 0.3) is 17.0 Å². The summed E-state index contributed by atoms with van der Waals surface area (Å²) < 4.78 is 13.8. The largest absolute Gasteiger partial charge is 0.494 e. The number of benzene rings is 3. The van der Waals surface area contributed by atoms with Crippen LogP contribution in [0, 0.1) is 0 Å². The molecule has 0 bridgehead atoms. The second-order valence-corrected chi connectivity index (χ2v) is 9.42. The zero-order valence-electron chi connectivity index (χ0n) is 18.7. The lowest BCUT2D eigenvalue weighted by molar-refractivity contribution is -0.118. The van der Waals surface area contributed by atoms with Crippen molar-refractivity contribution in [2.45, 2.75) is 0 Å². The number of anilines is 1. The normalized spacial score (nSPS) is 13.0. The van der Waals surface area contributed by atoms with E-state index in [1.807, 2.05) is 76.8 Å². The molecule has 2 heterocycles. The van der Waals surface area contributed by atoms with Crippen molar-refractivity contribution in [3.05, 3.63) is 93.5 Å². The Bertz CT molecular complexity index is 1510. The summed E-state index contributed by atoms with van der Waals surface area (Å²) in [7, 11) is 1.62. The number of rotatable bonds is 6. The Hall–Kier alpha value is -3.82. The van der Waals surface area contributed by atoms with Gasteiger partial charge in [-0.1, -0.05) is 46.8 Å². The van der Waals surface area contributed by atoms with Crippen molar-refractivity contribution in [1.29, 1.82) is 0 Å². The summed E-state index contributed by atoms with van der Waals surface area (Å²) >= 11 is 4.99. The molecule has 9 heteroatoms. The first kappa shape index (κ1) is 22.9. The monoisotopic (exact) mass is 548 g/mol. The quantitative estimate of drug-likeness (QED) is 0.321. The molecule has 1 aliphatic rings. The van der Waals surface area contributed by atoms with Crippen LogP contribution >= 0.6 is 27.3 Å². The van der Waals surface area contributed by atoms with E-state index in [0.29, 0.717) is 33.4 Å². The van der Waals surface area contributed by atoms with Crippen molar-refractivity contribution in [2.24, 2.45) is 4.99 Å². The smallest absolute Gasteiger partial charge is 0.262 e. The fraction of sp³-hybridized carbons (Fsp3) is 0.0769. The van der Waals surface area contributed by atoms with Crippen molar-refractivity contribution >= 4 is 50.2 Å². The zero-order valence-corrected chi connectivity index (χ0v) is 21.2. The lowest BCUT2D eigenvalue weighted by Crippen LogP contribution is -2.26. The summed E-state index contributed by atoms with van der Waals surface area (Å²) in [5.74, 6) is 1.13.